The van der Waals surface area contributed by atoms with Gasteiger partial charge in [-0.3, -0.25) is 4.98 Å². The summed E-state index contributed by atoms with van der Waals surface area (Å²) in [6.07, 6.45) is 3.37. The monoisotopic (exact) mass is 238 g/mol. The van der Waals surface area contributed by atoms with Gasteiger partial charge in [0, 0.05) is 18.3 Å². The molecule has 0 fully saturated rings. The van der Waals surface area contributed by atoms with Crippen molar-refractivity contribution in [2.45, 2.75) is 0 Å². The van der Waals surface area contributed by atoms with Crippen LogP contribution >= 0.6 is 11.6 Å². The van der Waals surface area contributed by atoms with Crippen LogP contribution in [0.25, 0.3) is 0 Å². The Morgan fingerprint density at radius 3 is 2.94 bits per heavy atom. The Kier molecular flexibility index (Phi) is 5.69. The van der Waals surface area contributed by atoms with Gasteiger partial charge in [-0.15, -0.1) is 11.6 Å². The van der Waals surface area contributed by atoms with Gasteiger partial charge in [0.2, 0.25) is 0 Å². The molecule has 0 saturated carbocycles. The quantitative estimate of drug-likeness (QED) is 0.589. The second-order valence-corrected chi connectivity index (χ2v) is 3.76. The van der Waals surface area contributed by atoms with Gasteiger partial charge in [-0.25, -0.2) is 0 Å². The van der Waals surface area contributed by atoms with Crippen molar-refractivity contribution < 1.29 is 4.74 Å². The molecule has 0 N–H and O–H groups in total. The van der Waals surface area contributed by atoms with Crippen molar-refractivity contribution in [2.24, 2.45) is 0 Å². The first-order chi connectivity index (χ1) is 7.72. The van der Waals surface area contributed by atoms with Gasteiger partial charge in [-0.2, -0.15) is 0 Å². The van der Waals surface area contributed by atoms with Gasteiger partial charge in [0.1, 0.15) is 12.4 Å². The number of likely N-dealkylation sites (N-methyl/N-ethyl adjacent to an activating group) is 1. The molecule has 1 rings (SSSR count). The summed E-state index contributed by atoms with van der Waals surface area (Å²) in [5, 5.41) is 0. The van der Waals surface area contributed by atoms with E-state index in [1.165, 1.54) is 0 Å². The second-order valence-electron chi connectivity index (χ2n) is 3.50. The minimum atomic E-state index is 0.325. The predicted molar refractivity (Wildman–Crippen MR) is 65.9 cm³/mol. The molecular formula is C12H15ClN2O. The van der Waals surface area contributed by atoms with Crippen LogP contribution in [0.5, 0.6) is 5.75 Å². The van der Waals surface area contributed by atoms with Crippen LogP contribution in [0.2, 0.25) is 0 Å². The molecule has 0 spiro atoms. The largest absolute Gasteiger partial charge is 0.491 e. The molecule has 0 saturated heterocycles. The molecular weight excluding hydrogens is 224 g/mol. The van der Waals surface area contributed by atoms with E-state index in [9.17, 15) is 0 Å². The van der Waals surface area contributed by atoms with Crippen LogP contribution in [0.1, 0.15) is 5.56 Å². The van der Waals surface area contributed by atoms with Gasteiger partial charge in [-0.1, -0.05) is 11.8 Å². The zero-order chi connectivity index (χ0) is 11.8. The summed E-state index contributed by atoms with van der Waals surface area (Å²) in [6.45, 7) is 1.51. The molecule has 3 nitrogen and oxygen atoms in total. The highest BCUT2D eigenvalue weighted by atomic mass is 35.5. The third kappa shape index (κ3) is 5.01. The highest BCUT2D eigenvalue weighted by Gasteiger charge is 1.96. The van der Waals surface area contributed by atoms with Gasteiger partial charge < -0.3 is 9.64 Å². The number of alkyl halides is 1. The average Bonchev–Trinajstić information content (AvgIpc) is 2.26. The van der Waals surface area contributed by atoms with Crippen LogP contribution in [-0.4, -0.2) is 43.0 Å². The minimum Gasteiger partial charge on any atom is -0.491 e. The zero-order valence-electron chi connectivity index (χ0n) is 9.53. The molecule has 1 aromatic heterocycles. The number of aromatic nitrogens is 1. The highest BCUT2D eigenvalue weighted by molar-refractivity contribution is 6.19. The first-order valence-corrected chi connectivity index (χ1v) is 5.53. The maximum Gasteiger partial charge on any atom is 0.138 e. The molecule has 0 radical (unpaired) electrons. The Balaban J connectivity index is 2.54. The third-order valence-electron chi connectivity index (χ3n) is 1.82. The number of halogens is 1. The van der Waals surface area contributed by atoms with Crippen molar-refractivity contribution in [1.82, 2.24) is 9.88 Å². The molecule has 0 atom stereocenters. The van der Waals surface area contributed by atoms with Crippen LogP contribution in [0.15, 0.2) is 18.5 Å². The lowest BCUT2D eigenvalue weighted by atomic mass is 10.3. The van der Waals surface area contributed by atoms with Gasteiger partial charge in [-0.05, 0) is 20.2 Å². The fourth-order valence-corrected chi connectivity index (χ4v) is 1.11. The van der Waals surface area contributed by atoms with Crippen molar-refractivity contribution in [1.29, 1.82) is 0 Å². The van der Waals surface area contributed by atoms with Crippen LogP contribution in [0.3, 0.4) is 0 Å². The number of ether oxygens (including phenoxy) is 1. The number of rotatable bonds is 4. The summed E-state index contributed by atoms with van der Waals surface area (Å²) in [6, 6.07) is 1.86. The van der Waals surface area contributed by atoms with E-state index in [1.54, 1.807) is 12.4 Å². The van der Waals surface area contributed by atoms with Crippen LogP contribution in [0, 0.1) is 11.8 Å². The highest BCUT2D eigenvalue weighted by Crippen LogP contribution is 2.10. The SMILES string of the molecule is CN(C)CCOc1cncc(C#CCCl)c1. The maximum absolute atomic E-state index is 5.53. The molecule has 86 valence electrons. The first-order valence-electron chi connectivity index (χ1n) is 5.00. The van der Waals surface area contributed by atoms with Gasteiger partial charge >= 0.3 is 0 Å². The number of hydrogen-bond donors (Lipinski definition) is 0. The molecule has 0 bridgehead atoms. The summed E-state index contributed by atoms with van der Waals surface area (Å²) in [4.78, 5) is 6.11. The first kappa shape index (κ1) is 12.8. The Bertz CT molecular complexity index is 382. The lowest BCUT2D eigenvalue weighted by Gasteiger charge is -2.10. The number of pyridine rings is 1. The predicted octanol–water partition coefficient (Wildman–Crippen LogP) is 1.61. The van der Waals surface area contributed by atoms with Gasteiger partial charge in [0.05, 0.1) is 12.1 Å². The van der Waals surface area contributed by atoms with Crippen molar-refractivity contribution in [3.8, 4) is 17.6 Å². The topological polar surface area (TPSA) is 25.4 Å². The molecule has 4 heteroatoms. The minimum absolute atomic E-state index is 0.325. The third-order valence-corrected chi connectivity index (χ3v) is 1.95. The van der Waals surface area contributed by atoms with Crippen LogP contribution < -0.4 is 4.74 Å². The summed E-state index contributed by atoms with van der Waals surface area (Å²) < 4.78 is 5.53. The second kappa shape index (κ2) is 7.10. The van der Waals surface area contributed by atoms with Crippen molar-refractivity contribution in [3.63, 3.8) is 0 Å². The fraction of sp³-hybridized carbons (Fsp3) is 0.417. The van der Waals surface area contributed by atoms with Crippen molar-refractivity contribution in [3.05, 3.63) is 24.0 Å². The van der Waals surface area contributed by atoms with E-state index >= 15 is 0 Å². The molecule has 0 aromatic carbocycles. The molecule has 0 aliphatic rings. The van der Waals surface area contributed by atoms with E-state index in [-0.39, 0.29) is 0 Å². The lowest BCUT2D eigenvalue weighted by molar-refractivity contribution is 0.260. The number of hydrogen-bond acceptors (Lipinski definition) is 3. The van der Waals surface area contributed by atoms with E-state index < -0.39 is 0 Å². The van der Waals surface area contributed by atoms with Gasteiger partial charge in [0.15, 0.2) is 0 Å². The summed E-state index contributed by atoms with van der Waals surface area (Å²) in [5.41, 5.74) is 0.822. The van der Waals surface area contributed by atoms with Crippen molar-refractivity contribution >= 4 is 11.6 Å². The van der Waals surface area contributed by atoms with Crippen LogP contribution in [-0.2, 0) is 0 Å². The fourth-order valence-electron chi connectivity index (χ4n) is 1.05. The van der Waals surface area contributed by atoms with Crippen molar-refractivity contribution in [2.75, 3.05) is 33.1 Å². The molecule has 1 heterocycles. The van der Waals surface area contributed by atoms with E-state index in [0.29, 0.717) is 12.5 Å². The summed E-state index contributed by atoms with van der Waals surface area (Å²) in [7, 11) is 4.01. The molecule has 0 aliphatic carbocycles. The summed E-state index contributed by atoms with van der Waals surface area (Å²) >= 11 is 5.48. The smallest absolute Gasteiger partial charge is 0.138 e. The molecule has 0 aliphatic heterocycles. The Morgan fingerprint density at radius 1 is 1.44 bits per heavy atom. The molecule has 0 amide bonds. The van der Waals surface area contributed by atoms with Crippen LogP contribution in [0.4, 0.5) is 0 Å². The number of nitrogens with zero attached hydrogens (tertiary/aromatic N) is 2. The normalized spacial score (nSPS) is 9.75. The van der Waals surface area contributed by atoms with E-state index in [1.807, 2.05) is 20.2 Å². The summed E-state index contributed by atoms with van der Waals surface area (Å²) in [5.74, 6) is 6.74. The maximum atomic E-state index is 5.53. The zero-order valence-corrected chi connectivity index (χ0v) is 10.3. The Labute approximate surface area is 101 Å². The standard InChI is InChI=1S/C12H15ClN2O/c1-15(2)6-7-16-12-8-11(4-3-5-13)9-14-10-12/h8-10H,5-7H2,1-2H3. The molecule has 0 unspecified atom stereocenters. The van der Waals surface area contributed by atoms with Gasteiger partial charge in [0.25, 0.3) is 0 Å². The average molecular weight is 239 g/mol. The molecule has 16 heavy (non-hydrogen) atoms. The lowest BCUT2D eigenvalue weighted by Crippen LogP contribution is -2.19. The Hall–Kier alpha value is -1.24. The molecule has 1 aromatic rings. The van der Waals surface area contributed by atoms with E-state index in [0.717, 1.165) is 17.9 Å². The van der Waals surface area contributed by atoms with E-state index in [2.05, 4.69) is 21.7 Å². The van der Waals surface area contributed by atoms with E-state index in [4.69, 9.17) is 16.3 Å². The Morgan fingerprint density at radius 2 is 2.25 bits per heavy atom.